The summed E-state index contributed by atoms with van der Waals surface area (Å²) in [4.78, 5) is 2.34. The van der Waals surface area contributed by atoms with Gasteiger partial charge in [-0.05, 0) is 24.0 Å². The van der Waals surface area contributed by atoms with Gasteiger partial charge in [0.25, 0.3) is 0 Å². The fourth-order valence-electron chi connectivity index (χ4n) is 2.35. The molecule has 0 bridgehead atoms. The summed E-state index contributed by atoms with van der Waals surface area (Å²) in [7, 11) is 2.17. The minimum absolute atomic E-state index is 0.737. The lowest BCUT2D eigenvalue weighted by Crippen LogP contribution is -2.22. The van der Waals surface area contributed by atoms with Crippen LogP contribution in [0, 0.1) is 5.92 Å². The van der Waals surface area contributed by atoms with Crippen LogP contribution in [0.4, 0.5) is 0 Å². The molecule has 1 heterocycles. The molecule has 17 heavy (non-hydrogen) atoms. The van der Waals surface area contributed by atoms with Gasteiger partial charge < -0.3 is 4.90 Å². The molecule has 0 unspecified atom stereocenters. The number of allylic oxidation sites excluding steroid dienone is 2. The van der Waals surface area contributed by atoms with E-state index in [4.69, 9.17) is 0 Å². The predicted octanol–water partition coefficient (Wildman–Crippen LogP) is 3.95. The lowest BCUT2D eigenvalue weighted by atomic mass is 9.98. The maximum atomic E-state index is 2.34. The number of hydrogen-bond donors (Lipinski definition) is 0. The van der Waals surface area contributed by atoms with Crippen molar-refractivity contribution in [2.45, 2.75) is 20.3 Å². The highest BCUT2D eigenvalue weighted by molar-refractivity contribution is 5.67. The summed E-state index contributed by atoms with van der Waals surface area (Å²) in [5, 5.41) is 0. The van der Waals surface area contributed by atoms with E-state index < -0.39 is 0 Å². The Hall–Kier alpha value is -1.50. The molecule has 1 nitrogen and oxygen atoms in total. The smallest absolute Gasteiger partial charge is 0.0440 e. The monoisotopic (exact) mass is 227 g/mol. The lowest BCUT2D eigenvalue weighted by Gasteiger charge is -2.28. The first-order chi connectivity index (χ1) is 8.16. The molecule has 0 saturated heterocycles. The number of benzene rings is 1. The second-order valence-corrected chi connectivity index (χ2v) is 5.20. The highest BCUT2D eigenvalue weighted by atomic mass is 15.1. The van der Waals surface area contributed by atoms with Crippen LogP contribution in [0.15, 0.2) is 48.1 Å². The Bertz CT molecular complexity index is 426. The molecule has 0 saturated carbocycles. The van der Waals surface area contributed by atoms with E-state index in [1.54, 1.807) is 0 Å². The molecule has 0 spiro atoms. The van der Waals surface area contributed by atoms with Crippen molar-refractivity contribution in [3.8, 4) is 0 Å². The molecule has 0 atom stereocenters. The Morgan fingerprint density at radius 2 is 1.82 bits per heavy atom. The maximum absolute atomic E-state index is 2.34. The standard InChI is InChI=1S/C16H21N/c1-13(2)11-14-9-10-16(17(3)12-14)15-7-5-4-6-8-15/h4-10,13H,11-12H2,1-3H3. The molecule has 1 aliphatic heterocycles. The van der Waals surface area contributed by atoms with Crippen molar-refractivity contribution in [3.05, 3.63) is 53.6 Å². The second-order valence-electron chi connectivity index (χ2n) is 5.20. The van der Waals surface area contributed by atoms with Gasteiger partial charge in [-0.2, -0.15) is 0 Å². The van der Waals surface area contributed by atoms with Gasteiger partial charge in [0.1, 0.15) is 0 Å². The van der Waals surface area contributed by atoms with E-state index in [-0.39, 0.29) is 0 Å². The van der Waals surface area contributed by atoms with E-state index in [1.165, 1.54) is 23.3 Å². The SMILES string of the molecule is CC(C)CC1=CC=C(c2ccccc2)N(C)C1. The number of likely N-dealkylation sites (N-methyl/N-ethyl adjacent to an activating group) is 1. The number of rotatable bonds is 3. The summed E-state index contributed by atoms with van der Waals surface area (Å²) in [6.07, 6.45) is 5.74. The highest BCUT2D eigenvalue weighted by Crippen LogP contribution is 2.25. The van der Waals surface area contributed by atoms with Crippen LogP contribution in [0.25, 0.3) is 5.70 Å². The molecule has 1 heteroatoms. The molecule has 0 amide bonds. The van der Waals surface area contributed by atoms with Crippen LogP contribution in [0.5, 0.6) is 0 Å². The topological polar surface area (TPSA) is 3.24 Å². The first-order valence-corrected chi connectivity index (χ1v) is 6.33. The summed E-state index contributed by atoms with van der Waals surface area (Å²) < 4.78 is 0. The van der Waals surface area contributed by atoms with Crippen molar-refractivity contribution in [2.75, 3.05) is 13.6 Å². The van der Waals surface area contributed by atoms with Crippen molar-refractivity contribution >= 4 is 5.70 Å². The van der Waals surface area contributed by atoms with Gasteiger partial charge in [-0.3, -0.25) is 0 Å². The van der Waals surface area contributed by atoms with E-state index in [2.05, 4.69) is 68.3 Å². The van der Waals surface area contributed by atoms with Gasteiger partial charge in [-0.15, -0.1) is 0 Å². The fraction of sp³-hybridized carbons (Fsp3) is 0.375. The number of hydrogen-bond acceptors (Lipinski definition) is 1. The van der Waals surface area contributed by atoms with Gasteiger partial charge in [-0.25, -0.2) is 0 Å². The second kappa shape index (κ2) is 5.22. The van der Waals surface area contributed by atoms with E-state index in [0.29, 0.717) is 0 Å². The zero-order valence-electron chi connectivity index (χ0n) is 11.0. The third-order valence-corrected chi connectivity index (χ3v) is 3.07. The van der Waals surface area contributed by atoms with E-state index in [1.807, 2.05) is 0 Å². The van der Waals surface area contributed by atoms with Crippen molar-refractivity contribution in [1.29, 1.82) is 0 Å². The van der Waals surface area contributed by atoms with E-state index >= 15 is 0 Å². The molecule has 1 aromatic rings. The minimum Gasteiger partial charge on any atom is -0.370 e. The molecule has 0 radical (unpaired) electrons. The van der Waals surface area contributed by atoms with Gasteiger partial charge in [0.05, 0.1) is 0 Å². The van der Waals surface area contributed by atoms with Gasteiger partial charge in [0.15, 0.2) is 0 Å². The molecule has 2 rings (SSSR count). The normalized spacial score (nSPS) is 15.9. The summed E-state index contributed by atoms with van der Waals surface area (Å²) in [6, 6.07) is 10.6. The minimum atomic E-state index is 0.737. The van der Waals surface area contributed by atoms with Crippen molar-refractivity contribution in [1.82, 2.24) is 4.90 Å². The first-order valence-electron chi connectivity index (χ1n) is 6.33. The average Bonchev–Trinajstić information content (AvgIpc) is 2.29. The first kappa shape index (κ1) is 12.0. The van der Waals surface area contributed by atoms with Crippen LogP contribution >= 0.6 is 0 Å². The summed E-state index contributed by atoms with van der Waals surface area (Å²) in [5.74, 6) is 0.737. The Balaban J connectivity index is 2.20. The van der Waals surface area contributed by atoms with Gasteiger partial charge in [-0.1, -0.05) is 55.8 Å². The molecular formula is C16H21N. The molecule has 1 aliphatic rings. The Labute approximate surface area is 104 Å². The Morgan fingerprint density at radius 1 is 1.12 bits per heavy atom. The third kappa shape index (κ3) is 3.00. The molecule has 90 valence electrons. The van der Waals surface area contributed by atoms with Crippen molar-refractivity contribution < 1.29 is 0 Å². The Kier molecular flexibility index (Phi) is 3.68. The Morgan fingerprint density at radius 3 is 2.41 bits per heavy atom. The summed E-state index contributed by atoms with van der Waals surface area (Å²) in [5.41, 5.74) is 4.15. The van der Waals surface area contributed by atoms with Crippen LogP contribution in [0.1, 0.15) is 25.8 Å². The zero-order chi connectivity index (χ0) is 12.3. The van der Waals surface area contributed by atoms with E-state index in [9.17, 15) is 0 Å². The maximum Gasteiger partial charge on any atom is 0.0440 e. The van der Waals surface area contributed by atoms with Gasteiger partial charge >= 0.3 is 0 Å². The molecule has 0 aromatic heterocycles. The van der Waals surface area contributed by atoms with Gasteiger partial charge in [0.2, 0.25) is 0 Å². The van der Waals surface area contributed by atoms with Crippen LogP contribution in [0.2, 0.25) is 0 Å². The van der Waals surface area contributed by atoms with Crippen LogP contribution in [-0.4, -0.2) is 18.5 Å². The molecule has 0 N–H and O–H groups in total. The summed E-state index contributed by atoms with van der Waals surface area (Å²) in [6.45, 7) is 5.60. The average molecular weight is 227 g/mol. The molecule has 0 fully saturated rings. The molecule has 1 aromatic carbocycles. The molecule has 0 aliphatic carbocycles. The molecular weight excluding hydrogens is 206 g/mol. The van der Waals surface area contributed by atoms with Crippen molar-refractivity contribution in [3.63, 3.8) is 0 Å². The highest BCUT2D eigenvalue weighted by Gasteiger charge is 2.13. The summed E-state index contributed by atoms with van der Waals surface area (Å²) >= 11 is 0. The van der Waals surface area contributed by atoms with Crippen LogP contribution in [-0.2, 0) is 0 Å². The third-order valence-electron chi connectivity index (χ3n) is 3.07. The van der Waals surface area contributed by atoms with Crippen LogP contribution < -0.4 is 0 Å². The fourth-order valence-corrected chi connectivity index (χ4v) is 2.35. The van der Waals surface area contributed by atoms with Crippen LogP contribution in [0.3, 0.4) is 0 Å². The zero-order valence-corrected chi connectivity index (χ0v) is 11.0. The predicted molar refractivity (Wildman–Crippen MR) is 74.6 cm³/mol. The van der Waals surface area contributed by atoms with Gasteiger partial charge in [0, 0.05) is 19.3 Å². The van der Waals surface area contributed by atoms with E-state index in [0.717, 1.165) is 12.5 Å². The number of nitrogens with zero attached hydrogens (tertiary/aromatic N) is 1. The lowest BCUT2D eigenvalue weighted by molar-refractivity contribution is 0.490. The van der Waals surface area contributed by atoms with Crippen molar-refractivity contribution in [2.24, 2.45) is 5.92 Å². The largest absolute Gasteiger partial charge is 0.370 e. The quantitative estimate of drug-likeness (QED) is 0.756.